The molecule has 0 saturated carbocycles. The smallest absolute Gasteiger partial charge is 0.318 e. The molecule has 40 heavy (non-hydrogen) atoms. The van der Waals surface area contributed by atoms with Gasteiger partial charge in [-0.3, -0.25) is 9.10 Å². The number of sulfonamides is 1. The normalized spacial score (nSPS) is 12.1. The van der Waals surface area contributed by atoms with E-state index in [9.17, 15) is 26.4 Å². The van der Waals surface area contributed by atoms with E-state index in [0.29, 0.717) is 21.0 Å². The Morgan fingerprint density at radius 3 is 2.38 bits per heavy atom. The second kappa shape index (κ2) is 11.6. The highest BCUT2D eigenvalue weighted by Gasteiger charge is 2.33. The fourth-order valence-corrected chi connectivity index (χ4v) is 5.76. The van der Waals surface area contributed by atoms with Crippen LogP contribution < -0.4 is 9.73 Å². The van der Waals surface area contributed by atoms with Gasteiger partial charge in [-0.2, -0.15) is 18.3 Å². The van der Waals surface area contributed by atoms with E-state index in [1.807, 2.05) is 36.6 Å². The third-order valence-corrected chi connectivity index (χ3v) is 8.03. The molecule has 0 aliphatic rings. The molecule has 0 fully saturated rings. The monoisotopic (exact) mass is 588 g/mol. The van der Waals surface area contributed by atoms with Crippen LogP contribution in [-0.2, 0) is 21.0 Å². The van der Waals surface area contributed by atoms with Crippen LogP contribution in [0.5, 0.6) is 0 Å². The van der Waals surface area contributed by atoms with Crippen molar-refractivity contribution in [2.75, 3.05) is 10.8 Å². The predicted molar refractivity (Wildman–Crippen MR) is 148 cm³/mol. The molecule has 1 heterocycles. The van der Waals surface area contributed by atoms with Crippen molar-refractivity contribution >= 4 is 39.4 Å². The topological polar surface area (TPSA) is 83.8 Å². The van der Waals surface area contributed by atoms with Crippen molar-refractivity contribution in [3.8, 4) is 5.69 Å². The molecule has 0 saturated heterocycles. The number of halogens is 4. The van der Waals surface area contributed by atoms with Crippen molar-refractivity contribution in [1.82, 2.24) is 9.99 Å². The maximum absolute atomic E-state index is 13.4. The minimum absolute atomic E-state index is 0.183. The molecule has 0 aliphatic heterocycles. The number of nitrogens with one attached hydrogen (secondary N) is 1. The lowest BCUT2D eigenvalue weighted by Crippen LogP contribution is -2.39. The number of benzene rings is 3. The van der Waals surface area contributed by atoms with Gasteiger partial charge < -0.3 is 4.57 Å². The second-order valence-corrected chi connectivity index (χ2v) is 11.1. The molecule has 1 amide bonds. The van der Waals surface area contributed by atoms with Gasteiger partial charge in [-0.25, -0.2) is 13.8 Å². The summed E-state index contributed by atoms with van der Waals surface area (Å²) in [5.41, 5.74) is 4.14. The number of nitrogens with zero attached hydrogens (tertiary/aromatic N) is 3. The van der Waals surface area contributed by atoms with Gasteiger partial charge >= 0.3 is 6.18 Å². The number of carbonyl (C=O) groups is 1. The molecule has 0 spiro atoms. The summed E-state index contributed by atoms with van der Waals surface area (Å²) < 4.78 is 69.4. The first-order chi connectivity index (χ1) is 18.9. The Labute approximate surface area is 234 Å². The number of alkyl halides is 3. The van der Waals surface area contributed by atoms with Gasteiger partial charge in [-0.05, 0) is 68.4 Å². The summed E-state index contributed by atoms with van der Waals surface area (Å²) in [4.78, 5) is 12.6. The van der Waals surface area contributed by atoms with Crippen LogP contribution in [0.4, 0.5) is 18.9 Å². The molecule has 4 aromatic rings. The lowest BCUT2D eigenvalue weighted by atomic mass is 10.2. The van der Waals surface area contributed by atoms with E-state index in [0.717, 1.165) is 29.2 Å². The van der Waals surface area contributed by atoms with Gasteiger partial charge in [0, 0.05) is 27.7 Å². The Morgan fingerprint density at radius 1 is 1.00 bits per heavy atom. The zero-order valence-electron chi connectivity index (χ0n) is 21.4. The minimum Gasteiger partial charge on any atom is -0.318 e. The molecule has 0 atom stereocenters. The molecule has 1 N–H and O–H groups in total. The van der Waals surface area contributed by atoms with E-state index < -0.39 is 34.2 Å². The first-order valence-corrected chi connectivity index (χ1v) is 13.7. The fraction of sp³-hybridized carbons (Fsp3) is 0.143. The molecule has 3 aromatic carbocycles. The van der Waals surface area contributed by atoms with Crippen LogP contribution in [0.1, 0.15) is 22.5 Å². The highest BCUT2D eigenvalue weighted by molar-refractivity contribution is 7.92. The van der Waals surface area contributed by atoms with Crippen LogP contribution in [0.3, 0.4) is 0 Å². The Kier molecular flexibility index (Phi) is 8.36. The lowest BCUT2D eigenvalue weighted by Gasteiger charge is -2.24. The number of rotatable bonds is 8. The molecule has 12 heteroatoms. The predicted octanol–water partition coefficient (Wildman–Crippen LogP) is 6.11. The summed E-state index contributed by atoms with van der Waals surface area (Å²) in [5, 5.41) is 4.53. The highest BCUT2D eigenvalue weighted by atomic mass is 35.5. The Hall–Kier alpha value is -4.09. The zero-order chi connectivity index (χ0) is 29.1. The third-order valence-electron chi connectivity index (χ3n) is 6.01. The summed E-state index contributed by atoms with van der Waals surface area (Å²) in [6.07, 6.45) is -3.30. The van der Waals surface area contributed by atoms with Gasteiger partial charge in [0.1, 0.15) is 6.54 Å². The largest absolute Gasteiger partial charge is 0.416 e. The van der Waals surface area contributed by atoms with Crippen molar-refractivity contribution in [1.29, 1.82) is 0 Å². The van der Waals surface area contributed by atoms with E-state index in [1.54, 1.807) is 18.2 Å². The molecule has 1 aromatic heterocycles. The van der Waals surface area contributed by atoms with E-state index in [2.05, 4.69) is 10.5 Å². The molecule has 0 bridgehead atoms. The average Bonchev–Trinajstić information content (AvgIpc) is 3.19. The van der Waals surface area contributed by atoms with Crippen molar-refractivity contribution in [2.45, 2.75) is 24.9 Å². The first kappa shape index (κ1) is 28.9. The Balaban J connectivity index is 1.59. The molecular weight excluding hydrogens is 565 g/mol. The summed E-state index contributed by atoms with van der Waals surface area (Å²) in [7, 11) is -4.39. The highest BCUT2D eigenvalue weighted by Crippen LogP contribution is 2.33. The summed E-state index contributed by atoms with van der Waals surface area (Å²) in [6.45, 7) is 2.95. The van der Waals surface area contributed by atoms with Crippen molar-refractivity contribution in [3.05, 3.63) is 112 Å². The van der Waals surface area contributed by atoms with E-state index >= 15 is 0 Å². The maximum Gasteiger partial charge on any atom is 0.416 e. The molecule has 0 radical (unpaired) electrons. The quantitative estimate of drug-likeness (QED) is 0.199. The van der Waals surface area contributed by atoms with Gasteiger partial charge in [0.25, 0.3) is 15.9 Å². The number of aryl methyl sites for hydroxylation is 1. The number of hydrogen-bond acceptors (Lipinski definition) is 4. The van der Waals surface area contributed by atoms with E-state index in [-0.39, 0.29) is 10.6 Å². The van der Waals surface area contributed by atoms with Crippen molar-refractivity contribution in [3.63, 3.8) is 0 Å². The van der Waals surface area contributed by atoms with Gasteiger partial charge in [0.05, 0.1) is 22.4 Å². The number of anilines is 1. The molecule has 208 valence electrons. The SMILES string of the molecule is Cc1cc(/C=N/NC(=O)CN(c2cccc(C(F)(F)F)c2)S(=O)(=O)c2ccccc2)c(C)n1-c1cccc(Cl)c1. The maximum atomic E-state index is 13.4. The zero-order valence-corrected chi connectivity index (χ0v) is 22.9. The number of carbonyl (C=O) groups excluding carboxylic acids is 1. The molecule has 0 aliphatic carbocycles. The van der Waals surface area contributed by atoms with Crippen LogP contribution in [0.15, 0.2) is 94.9 Å². The number of aromatic nitrogens is 1. The van der Waals surface area contributed by atoms with Gasteiger partial charge in [-0.1, -0.05) is 41.9 Å². The number of hydrogen-bond donors (Lipinski definition) is 1. The average molecular weight is 589 g/mol. The van der Waals surface area contributed by atoms with Crippen LogP contribution in [0.2, 0.25) is 5.02 Å². The van der Waals surface area contributed by atoms with Crippen molar-refractivity contribution in [2.24, 2.45) is 5.10 Å². The molecule has 7 nitrogen and oxygen atoms in total. The standard InChI is InChI=1S/C28H24ClF3N4O3S/c1-19-14-21(20(2)36(19)25-11-7-9-23(29)16-25)17-33-34-27(37)18-35(40(38,39)26-12-4-3-5-13-26)24-10-6-8-22(15-24)28(30,31)32/h3-17H,18H2,1-2H3,(H,34,37)/b33-17+. The van der Waals surface area contributed by atoms with Gasteiger partial charge in [0.2, 0.25) is 0 Å². The molecule has 4 rings (SSSR count). The first-order valence-electron chi connectivity index (χ1n) is 11.9. The molecular formula is C28H24ClF3N4O3S. The lowest BCUT2D eigenvalue weighted by molar-refractivity contribution is -0.137. The number of amides is 1. The Morgan fingerprint density at radius 2 is 1.70 bits per heavy atom. The van der Waals surface area contributed by atoms with E-state index in [4.69, 9.17) is 11.6 Å². The number of hydrazone groups is 1. The van der Waals surface area contributed by atoms with E-state index in [1.165, 1.54) is 36.5 Å². The summed E-state index contributed by atoms with van der Waals surface area (Å²) >= 11 is 6.12. The molecule has 0 unspecified atom stereocenters. The van der Waals surface area contributed by atoms with Crippen LogP contribution in [-0.4, -0.2) is 31.7 Å². The second-order valence-electron chi connectivity index (χ2n) is 8.81. The third kappa shape index (κ3) is 6.37. The van der Waals surface area contributed by atoms with Crippen LogP contribution in [0, 0.1) is 13.8 Å². The van der Waals surface area contributed by atoms with Crippen LogP contribution >= 0.6 is 11.6 Å². The minimum atomic E-state index is -4.71. The van der Waals surface area contributed by atoms with Crippen LogP contribution in [0.25, 0.3) is 5.69 Å². The van der Waals surface area contributed by atoms with Gasteiger partial charge in [-0.15, -0.1) is 0 Å². The Bertz CT molecular complexity index is 1670. The van der Waals surface area contributed by atoms with Crippen molar-refractivity contribution < 1.29 is 26.4 Å². The van der Waals surface area contributed by atoms with Gasteiger partial charge in [0.15, 0.2) is 0 Å². The fourth-order valence-electron chi connectivity index (χ4n) is 4.14. The summed E-state index contributed by atoms with van der Waals surface area (Å²) in [6, 6.07) is 20.0. The summed E-state index contributed by atoms with van der Waals surface area (Å²) in [5.74, 6) is -0.850.